The largest absolute Gasteiger partial charge is 0.382 e. The van der Waals surface area contributed by atoms with Gasteiger partial charge in [-0.05, 0) is 37.1 Å². The summed E-state index contributed by atoms with van der Waals surface area (Å²) in [6.07, 6.45) is 8.13. The number of rotatable bonds is 7. The molecule has 4 heteroatoms. The zero-order valence-electron chi connectivity index (χ0n) is 11.7. The quantitative estimate of drug-likeness (QED) is 0.824. The molecule has 0 saturated heterocycles. The Hall–Kier alpha value is -1.84. The molecule has 1 N–H and O–H groups in total. The number of hydrogen-bond acceptors (Lipinski definition) is 3. The molecule has 19 heavy (non-hydrogen) atoms. The van der Waals surface area contributed by atoms with E-state index in [9.17, 15) is 0 Å². The Kier molecular flexibility index (Phi) is 4.95. The molecule has 102 valence electrons. The fourth-order valence-corrected chi connectivity index (χ4v) is 2.27. The Morgan fingerprint density at radius 2 is 1.79 bits per heavy atom. The van der Waals surface area contributed by atoms with Crippen molar-refractivity contribution in [2.24, 2.45) is 0 Å². The van der Waals surface area contributed by atoms with Gasteiger partial charge in [0.2, 0.25) is 0 Å². The Morgan fingerprint density at radius 1 is 1.11 bits per heavy atom. The van der Waals surface area contributed by atoms with Gasteiger partial charge in [-0.25, -0.2) is 9.67 Å². The van der Waals surface area contributed by atoms with Crippen molar-refractivity contribution in [2.75, 3.05) is 5.32 Å². The standard InChI is InChI=1S/C15H22N4/c1-3-5-13(6-4-2)18-14-7-9-15(10-8-14)19-12-16-11-17-19/h7-13,18H,3-6H2,1-2H3. The third-order valence-corrected chi connectivity index (χ3v) is 3.20. The molecule has 0 amide bonds. The summed E-state index contributed by atoms with van der Waals surface area (Å²) in [4.78, 5) is 3.95. The zero-order chi connectivity index (χ0) is 13.5. The van der Waals surface area contributed by atoms with Crippen molar-refractivity contribution in [1.82, 2.24) is 14.8 Å². The van der Waals surface area contributed by atoms with E-state index in [0.29, 0.717) is 6.04 Å². The third kappa shape index (κ3) is 3.81. The molecule has 0 aliphatic carbocycles. The van der Waals surface area contributed by atoms with Crippen LogP contribution < -0.4 is 5.32 Å². The molecule has 1 heterocycles. The summed E-state index contributed by atoms with van der Waals surface area (Å²) in [6, 6.07) is 8.91. The zero-order valence-corrected chi connectivity index (χ0v) is 11.7. The van der Waals surface area contributed by atoms with Gasteiger partial charge in [0.1, 0.15) is 12.7 Å². The van der Waals surface area contributed by atoms with Gasteiger partial charge in [0.05, 0.1) is 5.69 Å². The lowest BCUT2D eigenvalue weighted by Gasteiger charge is -2.18. The summed E-state index contributed by atoms with van der Waals surface area (Å²) >= 11 is 0. The second kappa shape index (κ2) is 6.92. The molecule has 2 aromatic rings. The summed E-state index contributed by atoms with van der Waals surface area (Å²) < 4.78 is 1.76. The summed E-state index contributed by atoms with van der Waals surface area (Å²) in [5.41, 5.74) is 2.21. The molecule has 4 nitrogen and oxygen atoms in total. The van der Waals surface area contributed by atoms with Crippen LogP contribution >= 0.6 is 0 Å². The van der Waals surface area contributed by atoms with Crippen LogP contribution in [0, 0.1) is 0 Å². The highest BCUT2D eigenvalue weighted by Crippen LogP contribution is 2.16. The first-order valence-corrected chi connectivity index (χ1v) is 7.05. The van der Waals surface area contributed by atoms with Gasteiger partial charge in [-0.2, -0.15) is 5.10 Å². The van der Waals surface area contributed by atoms with E-state index in [1.807, 2.05) is 0 Å². The average Bonchev–Trinajstić information content (AvgIpc) is 2.94. The molecule has 0 aliphatic heterocycles. The van der Waals surface area contributed by atoms with Gasteiger partial charge in [0.15, 0.2) is 0 Å². The lowest BCUT2D eigenvalue weighted by molar-refractivity contribution is 0.586. The van der Waals surface area contributed by atoms with Crippen molar-refractivity contribution in [3.8, 4) is 5.69 Å². The molecule has 0 radical (unpaired) electrons. The van der Waals surface area contributed by atoms with Gasteiger partial charge in [-0.1, -0.05) is 26.7 Å². The van der Waals surface area contributed by atoms with Crippen molar-refractivity contribution in [3.05, 3.63) is 36.9 Å². The number of nitrogens with one attached hydrogen (secondary N) is 1. The van der Waals surface area contributed by atoms with Gasteiger partial charge in [-0.15, -0.1) is 0 Å². The van der Waals surface area contributed by atoms with Crippen molar-refractivity contribution < 1.29 is 0 Å². The molecule has 0 saturated carbocycles. The Labute approximate surface area is 114 Å². The van der Waals surface area contributed by atoms with Gasteiger partial charge in [0.25, 0.3) is 0 Å². The molecule has 0 bridgehead atoms. The molecule has 2 rings (SSSR count). The van der Waals surface area contributed by atoms with Crippen LogP contribution in [0.2, 0.25) is 0 Å². The summed E-state index contributed by atoms with van der Waals surface area (Å²) in [7, 11) is 0. The highest BCUT2D eigenvalue weighted by Gasteiger charge is 2.06. The summed E-state index contributed by atoms with van der Waals surface area (Å²) in [6.45, 7) is 4.47. The molecule has 0 spiro atoms. The van der Waals surface area contributed by atoms with Crippen LogP contribution in [0.3, 0.4) is 0 Å². The van der Waals surface area contributed by atoms with Crippen molar-refractivity contribution >= 4 is 5.69 Å². The molecule has 0 aliphatic rings. The van der Waals surface area contributed by atoms with Crippen LogP contribution in [0.15, 0.2) is 36.9 Å². The second-order valence-electron chi connectivity index (χ2n) is 4.81. The van der Waals surface area contributed by atoms with Crippen LogP contribution in [0.25, 0.3) is 5.69 Å². The predicted molar refractivity (Wildman–Crippen MR) is 78.6 cm³/mol. The van der Waals surface area contributed by atoms with Gasteiger partial charge in [0, 0.05) is 11.7 Å². The molecular weight excluding hydrogens is 236 g/mol. The molecular formula is C15H22N4. The normalized spacial score (nSPS) is 10.9. The smallest absolute Gasteiger partial charge is 0.138 e. The highest BCUT2D eigenvalue weighted by atomic mass is 15.3. The van der Waals surface area contributed by atoms with E-state index in [1.165, 1.54) is 31.4 Å². The van der Waals surface area contributed by atoms with Gasteiger partial charge < -0.3 is 5.32 Å². The predicted octanol–water partition coefficient (Wildman–Crippen LogP) is 3.65. The minimum Gasteiger partial charge on any atom is -0.382 e. The van der Waals surface area contributed by atoms with E-state index in [1.54, 1.807) is 17.3 Å². The minimum absolute atomic E-state index is 0.576. The first kappa shape index (κ1) is 13.6. The number of anilines is 1. The Balaban J connectivity index is 2.01. The highest BCUT2D eigenvalue weighted by molar-refractivity contribution is 5.48. The molecule has 0 fully saturated rings. The molecule has 1 aromatic carbocycles. The lowest BCUT2D eigenvalue weighted by Crippen LogP contribution is -2.18. The van der Waals surface area contributed by atoms with E-state index in [4.69, 9.17) is 0 Å². The van der Waals surface area contributed by atoms with E-state index < -0.39 is 0 Å². The van der Waals surface area contributed by atoms with Crippen molar-refractivity contribution in [3.63, 3.8) is 0 Å². The van der Waals surface area contributed by atoms with E-state index in [-0.39, 0.29) is 0 Å². The molecule has 0 unspecified atom stereocenters. The first-order valence-electron chi connectivity index (χ1n) is 7.05. The average molecular weight is 258 g/mol. The van der Waals surface area contributed by atoms with Gasteiger partial charge in [-0.3, -0.25) is 0 Å². The lowest BCUT2D eigenvalue weighted by atomic mass is 10.1. The van der Waals surface area contributed by atoms with Crippen molar-refractivity contribution in [2.45, 2.75) is 45.6 Å². The number of hydrogen-bond donors (Lipinski definition) is 1. The third-order valence-electron chi connectivity index (χ3n) is 3.20. The Bertz CT molecular complexity index is 455. The fraction of sp³-hybridized carbons (Fsp3) is 0.467. The monoisotopic (exact) mass is 258 g/mol. The topological polar surface area (TPSA) is 42.7 Å². The van der Waals surface area contributed by atoms with Gasteiger partial charge >= 0.3 is 0 Å². The van der Waals surface area contributed by atoms with Crippen LogP contribution in [0.5, 0.6) is 0 Å². The fourth-order valence-electron chi connectivity index (χ4n) is 2.27. The van der Waals surface area contributed by atoms with E-state index >= 15 is 0 Å². The van der Waals surface area contributed by atoms with E-state index in [0.717, 1.165) is 5.69 Å². The number of nitrogens with zero attached hydrogens (tertiary/aromatic N) is 3. The molecule has 0 atom stereocenters. The summed E-state index contributed by atoms with van der Waals surface area (Å²) in [5, 5.41) is 7.73. The number of benzene rings is 1. The summed E-state index contributed by atoms with van der Waals surface area (Å²) in [5.74, 6) is 0. The molecule has 1 aromatic heterocycles. The van der Waals surface area contributed by atoms with Crippen molar-refractivity contribution in [1.29, 1.82) is 0 Å². The SMILES string of the molecule is CCCC(CCC)Nc1ccc(-n2cncn2)cc1. The maximum absolute atomic E-state index is 4.12. The number of aromatic nitrogens is 3. The minimum atomic E-state index is 0.576. The van der Waals surface area contributed by atoms with Crippen LogP contribution in [-0.4, -0.2) is 20.8 Å². The first-order chi connectivity index (χ1) is 9.33. The Morgan fingerprint density at radius 3 is 2.32 bits per heavy atom. The maximum atomic E-state index is 4.12. The van der Waals surface area contributed by atoms with E-state index in [2.05, 4.69) is 53.5 Å². The second-order valence-corrected chi connectivity index (χ2v) is 4.81. The van der Waals surface area contributed by atoms with Crippen LogP contribution in [0.1, 0.15) is 39.5 Å². The maximum Gasteiger partial charge on any atom is 0.138 e. The van der Waals surface area contributed by atoms with Crippen LogP contribution in [0.4, 0.5) is 5.69 Å². The van der Waals surface area contributed by atoms with Crippen LogP contribution in [-0.2, 0) is 0 Å².